The normalized spacial score (nSPS) is 11.7. The Bertz CT molecular complexity index is 2300. The zero-order valence-electron chi connectivity index (χ0n) is 22.7. The second-order valence-corrected chi connectivity index (χ2v) is 10.7. The summed E-state index contributed by atoms with van der Waals surface area (Å²) in [6.45, 7) is 2.08. The molecular weight excluding hydrogens is 524 g/mol. The van der Waals surface area contributed by atoms with E-state index in [1.807, 2.05) is 42.5 Å². The summed E-state index contributed by atoms with van der Waals surface area (Å²) in [6, 6.07) is 36.1. The quantitative estimate of drug-likeness (QED) is 0.196. The number of halogens is 2. The zero-order valence-corrected chi connectivity index (χ0v) is 22.7. The van der Waals surface area contributed by atoms with Gasteiger partial charge < -0.3 is 15.0 Å². The largest absolute Gasteiger partial charge is 0.358 e. The van der Waals surface area contributed by atoms with Crippen LogP contribution in [0.3, 0.4) is 0 Å². The van der Waals surface area contributed by atoms with E-state index in [9.17, 15) is 8.78 Å². The van der Waals surface area contributed by atoms with E-state index in [1.54, 1.807) is 24.3 Å². The third kappa shape index (κ3) is 3.71. The fraction of sp³-hybridized carbons (Fsp3) is 0.0270. The lowest BCUT2D eigenvalue weighted by Gasteiger charge is -2.12. The SMILES string of the molecule is Cc1[nH]c2cccc(-c3c(-c4cccc(F)c4)[nH]c4ccccc34)c2c1-c1c(-c2cccc(F)c2)[nH]c2ccccc12. The highest BCUT2D eigenvalue weighted by atomic mass is 19.1. The first kappa shape index (κ1) is 24.4. The minimum Gasteiger partial charge on any atom is -0.358 e. The molecule has 0 aliphatic heterocycles. The molecule has 3 aromatic heterocycles. The Labute approximate surface area is 240 Å². The average Bonchev–Trinajstić information content (AvgIpc) is 3.67. The lowest BCUT2D eigenvalue weighted by Crippen LogP contribution is -1.88. The lowest BCUT2D eigenvalue weighted by molar-refractivity contribution is 0.628. The number of fused-ring (bicyclic) bond motifs is 3. The molecule has 0 spiro atoms. The third-order valence-electron chi connectivity index (χ3n) is 8.17. The van der Waals surface area contributed by atoms with Crippen LogP contribution >= 0.6 is 0 Å². The Morgan fingerprint density at radius 3 is 1.62 bits per heavy atom. The molecule has 0 fully saturated rings. The van der Waals surface area contributed by atoms with E-state index in [2.05, 4.69) is 58.3 Å². The van der Waals surface area contributed by atoms with E-state index in [0.29, 0.717) is 0 Å². The fourth-order valence-corrected chi connectivity index (χ4v) is 6.44. The van der Waals surface area contributed by atoms with Crippen molar-refractivity contribution in [2.75, 3.05) is 0 Å². The second-order valence-electron chi connectivity index (χ2n) is 10.7. The summed E-state index contributed by atoms with van der Waals surface area (Å²) in [4.78, 5) is 10.8. The summed E-state index contributed by atoms with van der Waals surface area (Å²) >= 11 is 0. The molecule has 0 unspecified atom stereocenters. The van der Waals surface area contributed by atoms with Crippen molar-refractivity contribution in [2.45, 2.75) is 6.92 Å². The minimum absolute atomic E-state index is 0.285. The number of hydrogen-bond donors (Lipinski definition) is 3. The van der Waals surface area contributed by atoms with Gasteiger partial charge in [0, 0.05) is 66.2 Å². The minimum atomic E-state index is -0.285. The molecule has 5 aromatic carbocycles. The average molecular weight is 550 g/mol. The van der Waals surface area contributed by atoms with Gasteiger partial charge in [-0.25, -0.2) is 8.78 Å². The molecule has 5 heteroatoms. The lowest BCUT2D eigenvalue weighted by atomic mass is 9.90. The summed E-state index contributed by atoms with van der Waals surface area (Å²) in [5.41, 5.74) is 11.3. The maximum Gasteiger partial charge on any atom is 0.123 e. The van der Waals surface area contributed by atoms with Crippen molar-refractivity contribution in [1.82, 2.24) is 15.0 Å². The van der Waals surface area contributed by atoms with Crippen LogP contribution in [0.2, 0.25) is 0 Å². The van der Waals surface area contributed by atoms with E-state index in [0.717, 1.165) is 83.2 Å². The van der Waals surface area contributed by atoms with E-state index >= 15 is 0 Å². The predicted molar refractivity (Wildman–Crippen MR) is 168 cm³/mol. The molecule has 202 valence electrons. The Morgan fingerprint density at radius 2 is 1.00 bits per heavy atom. The molecule has 3 nitrogen and oxygen atoms in total. The van der Waals surface area contributed by atoms with Crippen molar-refractivity contribution in [3.8, 4) is 44.8 Å². The van der Waals surface area contributed by atoms with Crippen LogP contribution in [0.4, 0.5) is 8.78 Å². The van der Waals surface area contributed by atoms with Crippen molar-refractivity contribution in [3.63, 3.8) is 0 Å². The summed E-state index contributed by atoms with van der Waals surface area (Å²) in [6.07, 6.45) is 0. The van der Waals surface area contributed by atoms with Gasteiger partial charge in [0.1, 0.15) is 11.6 Å². The highest BCUT2D eigenvalue weighted by Crippen LogP contribution is 2.48. The van der Waals surface area contributed by atoms with Crippen LogP contribution in [0, 0.1) is 18.6 Å². The molecular formula is C37H25F2N3. The molecule has 0 amide bonds. The van der Waals surface area contributed by atoms with Gasteiger partial charge in [-0.2, -0.15) is 0 Å². The number of para-hydroxylation sites is 2. The number of aromatic amines is 3. The van der Waals surface area contributed by atoms with Gasteiger partial charge in [-0.3, -0.25) is 0 Å². The number of nitrogens with one attached hydrogen (secondary N) is 3. The predicted octanol–water partition coefficient (Wildman–Crippen LogP) is 10.4. The molecule has 0 atom stereocenters. The summed E-state index contributed by atoms with van der Waals surface area (Å²) in [5, 5.41) is 3.16. The van der Waals surface area contributed by atoms with Gasteiger partial charge in [0.15, 0.2) is 0 Å². The van der Waals surface area contributed by atoms with Crippen molar-refractivity contribution >= 4 is 32.7 Å². The van der Waals surface area contributed by atoms with Crippen molar-refractivity contribution in [2.24, 2.45) is 0 Å². The van der Waals surface area contributed by atoms with Gasteiger partial charge in [-0.1, -0.05) is 72.8 Å². The van der Waals surface area contributed by atoms with E-state index < -0.39 is 0 Å². The molecule has 0 aliphatic carbocycles. The number of rotatable bonds is 4. The Kier molecular flexibility index (Phi) is 5.41. The molecule has 3 heterocycles. The molecule has 0 radical (unpaired) electrons. The Balaban J connectivity index is 1.50. The van der Waals surface area contributed by atoms with E-state index in [1.165, 1.54) is 12.1 Å². The topological polar surface area (TPSA) is 47.4 Å². The molecule has 0 bridgehead atoms. The van der Waals surface area contributed by atoms with Gasteiger partial charge in [0.2, 0.25) is 0 Å². The maximum absolute atomic E-state index is 14.5. The molecule has 42 heavy (non-hydrogen) atoms. The van der Waals surface area contributed by atoms with Gasteiger partial charge in [0.05, 0.1) is 11.4 Å². The first-order chi connectivity index (χ1) is 20.6. The fourth-order valence-electron chi connectivity index (χ4n) is 6.44. The van der Waals surface area contributed by atoms with Gasteiger partial charge in [0.25, 0.3) is 0 Å². The first-order valence-electron chi connectivity index (χ1n) is 13.9. The van der Waals surface area contributed by atoms with Crippen LogP contribution in [0.25, 0.3) is 77.5 Å². The third-order valence-corrected chi connectivity index (χ3v) is 8.17. The van der Waals surface area contributed by atoms with E-state index in [-0.39, 0.29) is 11.6 Å². The zero-order chi connectivity index (χ0) is 28.4. The van der Waals surface area contributed by atoms with Crippen LogP contribution in [0.15, 0.2) is 115 Å². The van der Waals surface area contributed by atoms with Gasteiger partial charge in [-0.05, 0) is 55.0 Å². The monoisotopic (exact) mass is 549 g/mol. The summed E-state index contributed by atoms with van der Waals surface area (Å²) in [5.74, 6) is -0.570. The molecule has 8 aromatic rings. The van der Waals surface area contributed by atoms with Crippen LogP contribution in [-0.2, 0) is 0 Å². The van der Waals surface area contributed by atoms with Crippen molar-refractivity contribution < 1.29 is 8.78 Å². The van der Waals surface area contributed by atoms with Crippen LogP contribution < -0.4 is 0 Å². The number of aromatic nitrogens is 3. The number of aryl methyl sites for hydroxylation is 1. The molecule has 8 rings (SSSR count). The van der Waals surface area contributed by atoms with Crippen LogP contribution in [0.1, 0.15) is 5.69 Å². The second kappa shape index (κ2) is 9.32. The number of benzene rings is 5. The summed E-state index contributed by atoms with van der Waals surface area (Å²) in [7, 11) is 0. The Hall–Kier alpha value is -5.42. The highest BCUT2D eigenvalue weighted by molar-refractivity contribution is 6.18. The molecule has 3 N–H and O–H groups in total. The first-order valence-corrected chi connectivity index (χ1v) is 13.9. The molecule has 0 saturated heterocycles. The van der Waals surface area contributed by atoms with Crippen molar-refractivity contribution in [3.05, 3.63) is 133 Å². The van der Waals surface area contributed by atoms with Crippen LogP contribution in [-0.4, -0.2) is 15.0 Å². The van der Waals surface area contributed by atoms with Gasteiger partial charge >= 0.3 is 0 Å². The molecule has 0 aliphatic rings. The van der Waals surface area contributed by atoms with Crippen molar-refractivity contribution in [1.29, 1.82) is 0 Å². The number of H-pyrrole nitrogens is 3. The van der Waals surface area contributed by atoms with Crippen LogP contribution in [0.5, 0.6) is 0 Å². The summed E-state index contributed by atoms with van der Waals surface area (Å²) < 4.78 is 29.0. The molecule has 0 saturated carbocycles. The maximum atomic E-state index is 14.5. The highest BCUT2D eigenvalue weighted by Gasteiger charge is 2.25. The smallest absolute Gasteiger partial charge is 0.123 e. The standard InChI is InChI=1S/C37H25F2N3/c1-21-32(35-27-14-3-5-17-30(27)42-37(35)23-10-7-12-25(39)20-23)34-28(15-8-18-31(34)40-21)33-26-13-2-4-16-29(26)41-36(33)22-9-6-11-24(38)19-22/h2-20,40-42H,1H3. The van der Waals surface area contributed by atoms with Gasteiger partial charge in [-0.15, -0.1) is 0 Å². The Morgan fingerprint density at radius 1 is 0.476 bits per heavy atom. The number of hydrogen-bond acceptors (Lipinski definition) is 0. The van der Waals surface area contributed by atoms with E-state index in [4.69, 9.17) is 0 Å².